The molecule has 0 radical (unpaired) electrons. The number of hydrogen-bond donors (Lipinski definition) is 2. The molecule has 2 N–H and O–H groups in total. The van der Waals surface area contributed by atoms with Crippen LogP contribution in [-0.4, -0.2) is 44.3 Å². The third-order valence-electron chi connectivity index (χ3n) is 5.44. The first-order chi connectivity index (χ1) is 11.6. The highest BCUT2D eigenvalue weighted by Crippen LogP contribution is 2.30. The summed E-state index contributed by atoms with van der Waals surface area (Å²) in [4.78, 5) is 14.7. The zero-order chi connectivity index (χ0) is 16.7. The van der Waals surface area contributed by atoms with Crippen LogP contribution >= 0.6 is 0 Å². The van der Waals surface area contributed by atoms with Gasteiger partial charge in [-0.05, 0) is 44.1 Å². The first-order valence-corrected chi connectivity index (χ1v) is 9.04. The Balaban J connectivity index is 1.41. The maximum Gasteiger partial charge on any atom is 0.274 e. The van der Waals surface area contributed by atoms with Crippen molar-refractivity contribution in [2.24, 2.45) is 0 Å². The highest BCUT2D eigenvalue weighted by atomic mass is 16.2. The van der Waals surface area contributed by atoms with Gasteiger partial charge in [-0.15, -0.1) is 0 Å². The zero-order valence-corrected chi connectivity index (χ0v) is 14.4. The standard InChI is InChI=1S/C18H25N5O/c1-11(2)15-10-16(21-20-15)12-6-8-23(9-7-12)18(24)17-13-4-3-5-14(13)19-22-17/h10-12H,3-9H2,1-2H3,(H,19,22)(H,20,21). The Hall–Kier alpha value is -2.11. The molecule has 4 rings (SSSR count). The molecule has 2 aliphatic rings. The molecule has 0 bridgehead atoms. The molecule has 6 nitrogen and oxygen atoms in total. The van der Waals surface area contributed by atoms with Crippen LogP contribution in [0.3, 0.4) is 0 Å². The lowest BCUT2D eigenvalue weighted by Crippen LogP contribution is -2.38. The molecule has 1 aliphatic heterocycles. The van der Waals surface area contributed by atoms with E-state index in [1.165, 1.54) is 5.69 Å². The predicted molar refractivity (Wildman–Crippen MR) is 91.2 cm³/mol. The van der Waals surface area contributed by atoms with Crippen molar-refractivity contribution in [3.8, 4) is 0 Å². The molecule has 24 heavy (non-hydrogen) atoms. The quantitative estimate of drug-likeness (QED) is 0.910. The van der Waals surface area contributed by atoms with Crippen LogP contribution in [0.2, 0.25) is 0 Å². The number of rotatable bonds is 3. The maximum absolute atomic E-state index is 12.8. The van der Waals surface area contributed by atoms with E-state index >= 15 is 0 Å². The van der Waals surface area contributed by atoms with E-state index in [9.17, 15) is 4.79 Å². The molecule has 1 fully saturated rings. The van der Waals surface area contributed by atoms with Gasteiger partial charge in [-0.1, -0.05) is 13.8 Å². The van der Waals surface area contributed by atoms with Crippen molar-refractivity contribution in [1.82, 2.24) is 25.3 Å². The summed E-state index contributed by atoms with van der Waals surface area (Å²) in [5.74, 6) is 1.01. The lowest BCUT2D eigenvalue weighted by atomic mass is 9.92. The van der Waals surface area contributed by atoms with Gasteiger partial charge in [0.05, 0.1) is 5.69 Å². The van der Waals surface area contributed by atoms with Crippen LogP contribution in [0.25, 0.3) is 0 Å². The molecule has 1 saturated heterocycles. The summed E-state index contributed by atoms with van der Waals surface area (Å²) in [6.07, 6.45) is 5.10. The monoisotopic (exact) mass is 327 g/mol. The second-order valence-corrected chi connectivity index (χ2v) is 7.35. The first kappa shape index (κ1) is 15.4. The van der Waals surface area contributed by atoms with E-state index in [1.54, 1.807) is 0 Å². The molecule has 1 aliphatic carbocycles. The van der Waals surface area contributed by atoms with Gasteiger partial charge in [-0.3, -0.25) is 15.0 Å². The van der Waals surface area contributed by atoms with Gasteiger partial charge in [0.25, 0.3) is 5.91 Å². The lowest BCUT2D eigenvalue weighted by molar-refractivity contribution is 0.0705. The molecule has 0 unspecified atom stereocenters. The molecule has 3 heterocycles. The van der Waals surface area contributed by atoms with Crippen LogP contribution in [0.4, 0.5) is 0 Å². The number of hydrogen-bond acceptors (Lipinski definition) is 3. The van der Waals surface area contributed by atoms with E-state index in [2.05, 4.69) is 40.3 Å². The number of H-pyrrole nitrogens is 2. The average Bonchev–Trinajstić information content (AvgIpc) is 3.30. The summed E-state index contributed by atoms with van der Waals surface area (Å²) < 4.78 is 0. The summed E-state index contributed by atoms with van der Waals surface area (Å²) in [5.41, 5.74) is 5.30. The highest BCUT2D eigenvalue weighted by Gasteiger charge is 2.30. The van der Waals surface area contributed by atoms with Gasteiger partial charge in [0.2, 0.25) is 0 Å². The Kier molecular flexibility index (Phi) is 3.90. The Bertz CT molecular complexity index is 736. The van der Waals surface area contributed by atoms with Gasteiger partial charge < -0.3 is 4.90 Å². The largest absolute Gasteiger partial charge is 0.337 e. The number of aromatic amines is 2. The molecule has 2 aromatic heterocycles. The Labute approximate surface area is 142 Å². The van der Waals surface area contributed by atoms with Crippen molar-refractivity contribution in [2.45, 2.75) is 57.8 Å². The second-order valence-electron chi connectivity index (χ2n) is 7.35. The molecule has 6 heteroatoms. The molecular formula is C18H25N5O. The molecule has 1 amide bonds. The van der Waals surface area contributed by atoms with Crippen molar-refractivity contribution in [2.75, 3.05) is 13.1 Å². The summed E-state index contributed by atoms with van der Waals surface area (Å²) in [7, 11) is 0. The number of aryl methyl sites for hydroxylation is 1. The number of amides is 1. The van der Waals surface area contributed by atoms with Crippen LogP contribution in [0, 0.1) is 0 Å². The third kappa shape index (κ3) is 2.64. The van der Waals surface area contributed by atoms with Crippen molar-refractivity contribution in [1.29, 1.82) is 0 Å². The topological polar surface area (TPSA) is 77.7 Å². The average molecular weight is 327 g/mol. The SMILES string of the molecule is CC(C)c1cc(C2CCN(C(=O)c3n[nH]c4c3CCC4)CC2)[nH]n1. The number of nitrogens with zero attached hydrogens (tertiary/aromatic N) is 3. The van der Waals surface area contributed by atoms with Gasteiger partial charge in [0, 0.05) is 36.0 Å². The molecule has 128 valence electrons. The molecule has 0 atom stereocenters. The number of nitrogens with one attached hydrogen (secondary N) is 2. The van der Waals surface area contributed by atoms with Gasteiger partial charge in [-0.25, -0.2) is 0 Å². The number of likely N-dealkylation sites (tertiary alicyclic amines) is 1. The van der Waals surface area contributed by atoms with E-state index in [0.717, 1.165) is 62.1 Å². The van der Waals surface area contributed by atoms with Gasteiger partial charge in [0.1, 0.15) is 0 Å². The molecule has 0 aromatic carbocycles. The third-order valence-corrected chi connectivity index (χ3v) is 5.44. The molecule has 2 aromatic rings. The fourth-order valence-electron chi connectivity index (χ4n) is 3.90. The summed E-state index contributed by atoms with van der Waals surface area (Å²) >= 11 is 0. The van der Waals surface area contributed by atoms with Gasteiger partial charge in [-0.2, -0.15) is 10.2 Å². The van der Waals surface area contributed by atoms with Crippen molar-refractivity contribution in [3.05, 3.63) is 34.4 Å². The van der Waals surface area contributed by atoms with E-state index < -0.39 is 0 Å². The van der Waals surface area contributed by atoms with E-state index in [1.807, 2.05) is 4.90 Å². The van der Waals surface area contributed by atoms with E-state index in [4.69, 9.17) is 0 Å². The summed E-state index contributed by atoms with van der Waals surface area (Å²) in [6, 6.07) is 2.19. The minimum Gasteiger partial charge on any atom is -0.337 e. The minimum absolute atomic E-state index is 0.0975. The Morgan fingerprint density at radius 2 is 2.00 bits per heavy atom. The number of fused-ring (bicyclic) bond motifs is 1. The predicted octanol–water partition coefficient (Wildman–Crippen LogP) is 2.76. The van der Waals surface area contributed by atoms with Gasteiger partial charge in [0.15, 0.2) is 5.69 Å². The van der Waals surface area contributed by atoms with E-state index in [-0.39, 0.29) is 5.91 Å². The number of aromatic nitrogens is 4. The van der Waals surface area contributed by atoms with Crippen LogP contribution in [0.15, 0.2) is 6.07 Å². The molecular weight excluding hydrogens is 302 g/mol. The number of piperidine rings is 1. The minimum atomic E-state index is 0.0975. The van der Waals surface area contributed by atoms with Crippen molar-refractivity contribution < 1.29 is 4.79 Å². The number of carbonyl (C=O) groups excluding carboxylic acids is 1. The van der Waals surface area contributed by atoms with Gasteiger partial charge >= 0.3 is 0 Å². The van der Waals surface area contributed by atoms with Crippen LogP contribution in [-0.2, 0) is 12.8 Å². The highest BCUT2D eigenvalue weighted by molar-refractivity contribution is 5.94. The second kappa shape index (κ2) is 6.07. The van der Waals surface area contributed by atoms with Crippen molar-refractivity contribution in [3.63, 3.8) is 0 Å². The summed E-state index contributed by atoms with van der Waals surface area (Å²) in [6.45, 7) is 5.90. The molecule has 0 spiro atoms. The maximum atomic E-state index is 12.8. The Morgan fingerprint density at radius 1 is 1.21 bits per heavy atom. The van der Waals surface area contributed by atoms with Crippen LogP contribution in [0.5, 0.6) is 0 Å². The van der Waals surface area contributed by atoms with Crippen molar-refractivity contribution >= 4 is 5.91 Å². The van der Waals surface area contributed by atoms with Crippen LogP contribution < -0.4 is 0 Å². The fourth-order valence-corrected chi connectivity index (χ4v) is 3.90. The normalized spacial score (nSPS) is 18.4. The number of carbonyl (C=O) groups is 1. The smallest absolute Gasteiger partial charge is 0.274 e. The lowest BCUT2D eigenvalue weighted by Gasteiger charge is -2.31. The summed E-state index contributed by atoms with van der Waals surface area (Å²) in [5, 5.41) is 14.9. The van der Waals surface area contributed by atoms with Crippen LogP contribution in [0.1, 0.15) is 78.1 Å². The Morgan fingerprint density at radius 3 is 2.71 bits per heavy atom. The van der Waals surface area contributed by atoms with E-state index in [0.29, 0.717) is 17.5 Å². The zero-order valence-electron chi connectivity index (χ0n) is 14.4. The fraction of sp³-hybridized carbons (Fsp3) is 0.611. The first-order valence-electron chi connectivity index (χ1n) is 9.04. The molecule has 0 saturated carbocycles.